The van der Waals surface area contributed by atoms with Gasteiger partial charge in [0.15, 0.2) is 5.78 Å². The molecule has 0 N–H and O–H groups in total. The fourth-order valence-corrected chi connectivity index (χ4v) is 2.03. The highest BCUT2D eigenvalue weighted by Crippen LogP contribution is 2.27. The second kappa shape index (κ2) is 4.72. The molecule has 0 saturated carbocycles. The Morgan fingerprint density at radius 2 is 2.00 bits per heavy atom. The van der Waals surface area contributed by atoms with Gasteiger partial charge in [-0.1, -0.05) is 13.8 Å². The summed E-state index contributed by atoms with van der Waals surface area (Å²) < 4.78 is 26.6. The monoisotopic (exact) mass is 267 g/mol. The zero-order valence-electron chi connectivity index (χ0n) is 10.9. The third kappa shape index (κ3) is 2.64. The summed E-state index contributed by atoms with van der Waals surface area (Å²) >= 11 is 0. The van der Waals surface area contributed by atoms with Crippen molar-refractivity contribution in [2.75, 3.05) is 13.1 Å². The molecule has 1 heterocycles. The zero-order chi connectivity index (χ0) is 14.2. The van der Waals surface area contributed by atoms with Crippen LogP contribution in [0, 0.1) is 17.0 Å². The van der Waals surface area contributed by atoms with Crippen LogP contribution in [0.2, 0.25) is 0 Å². The van der Waals surface area contributed by atoms with E-state index in [1.165, 1.54) is 4.90 Å². The number of piperidine rings is 1. The maximum absolute atomic E-state index is 13.5. The molecule has 2 rings (SSSR count). The third-order valence-electron chi connectivity index (χ3n) is 3.54. The molecule has 1 amide bonds. The Labute approximate surface area is 110 Å². The number of ketones is 1. The number of carbonyl (C=O) groups is 2. The Bertz CT molecular complexity index is 540. The Morgan fingerprint density at radius 3 is 2.63 bits per heavy atom. The number of nitrogens with zero attached hydrogens (tertiary/aromatic N) is 1. The van der Waals surface area contributed by atoms with Crippen molar-refractivity contribution in [1.82, 2.24) is 4.90 Å². The Hall–Kier alpha value is -1.78. The number of benzene rings is 1. The highest BCUT2D eigenvalue weighted by molar-refractivity contribution is 5.98. The van der Waals surface area contributed by atoms with E-state index in [4.69, 9.17) is 0 Å². The molecule has 0 spiro atoms. The minimum atomic E-state index is -0.774. The number of halogens is 2. The van der Waals surface area contributed by atoms with Crippen molar-refractivity contribution in [3.8, 4) is 0 Å². The van der Waals surface area contributed by atoms with Gasteiger partial charge in [0, 0.05) is 12.0 Å². The molecular formula is C14H15F2NO2. The molecule has 3 nitrogen and oxygen atoms in total. The molecule has 5 heteroatoms. The lowest BCUT2D eigenvalue weighted by Crippen LogP contribution is -2.47. The first kappa shape index (κ1) is 13.6. The van der Waals surface area contributed by atoms with Gasteiger partial charge in [-0.2, -0.15) is 0 Å². The third-order valence-corrected chi connectivity index (χ3v) is 3.54. The molecule has 1 fully saturated rings. The lowest BCUT2D eigenvalue weighted by Gasteiger charge is -2.35. The number of carbonyl (C=O) groups excluding carboxylic acids is 2. The van der Waals surface area contributed by atoms with E-state index < -0.39 is 23.0 Å². The van der Waals surface area contributed by atoms with Crippen LogP contribution in [-0.4, -0.2) is 29.7 Å². The van der Waals surface area contributed by atoms with Crippen molar-refractivity contribution in [1.29, 1.82) is 0 Å². The normalized spacial score (nSPS) is 18.5. The van der Waals surface area contributed by atoms with Crippen LogP contribution in [-0.2, 0) is 4.79 Å². The summed E-state index contributed by atoms with van der Waals surface area (Å²) in [5, 5.41) is 0. The van der Waals surface area contributed by atoms with E-state index in [0.29, 0.717) is 13.0 Å². The fourth-order valence-electron chi connectivity index (χ4n) is 2.03. The number of Topliss-reactive ketones (excluding diaryl/α,β-unsaturated/α-hetero) is 1. The first-order chi connectivity index (χ1) is 8.81. The van der Waals surface area contributed by atoms with Gasteiger partial charge >= 0.3 is 0 Å². The average Bonchev–Trinajstić information content (AvgIpc) is 2.35. The summed E-state index contributed by atoms with van der Waals surface area (Å²) in [5.41, 5.74) is -0.787. The molecule has 1 aliphatic heterocycles. The number of hydrogen-bond acceptors (Lipinski definition) is 2. The van der Waals surface area contributed by atoms with Gasteiger partial charge in [-0.25, -0.2) is 8.78 Å². The lowest BCUT2D eigenvalue weighted by atomic mass is 9.81. The Balaban J connectivity index is 2.22. The van der Waals surface area contributed by atoms with Crippen molar-refractivity contribution < 1.29 is 18.4 Å². The topological polar surface area (TPSA) is 37.4 Å². The van der Waals surface area contributed by atoms with Gasteiger partial charge in [-0.15, -0.1) is 0 Å². The van der Waals surface area contributed by atoms with Gasteiger partial charge < -0.3 is 4.90 Å². The van der Waals surface area contributed by atoms with Crippen LogP contribution < -0.4 is 0 Å². The number of likely N-dealkylation sites (tertiary alicyclic amines) is 1. The van der Waals surface area contributed by atoms with E-state index in [9.17, 15) is 18.4 Å². The summed E-state index contributed by atoms with van der Waals surface area (Å²) in [5.74, 6) is -2.15. The van der Waals surface area contributed by atoms with Gasteiger partial charge in [0.25, 0.3) is 5.91 Å². The van der Waals surface area contributed by atoms with Crippen molar-refractivity contribution >= 4 is 11.7 Å². The summed E-state index contributed by atoms with van der Waals surface area (Å²) in [6, 6.07) is 2.73. The maximum Gasteiger partial charge on any atom is 0.257 e. The second-order valence-electron chi connectivity index (χ2n) is 5.41. The van der Waals surface area contributed by atoms with E-state index in [2.05, 4.69) is 0 Å². The highest BCUT2D eigenvalue weighted by Gasteiger charge is 2.36. The minimum absolute atomic E-state index is 0.0538. The van der Waals surface area contributed by atoms with E-state index >= 15 is 0 Å². The molecule has 0 radical (unpaired) electrons. The molecule has 0 bridgehead atoms. The van der Waals surface area contributed by atoms with Crippen LogP contribution in [0.15, 0.2) is 18.2 Å². The molecular weight excluding hydrogens is 252 g/mol. The van der Waals surface area contributed by atoms with Crippen molar-refractivity contribution in [2.24, 2.45) is 5.41 Å². The van der Waals surface area contributed by atoms with Crippen LogP contribution in [0.4, 0.5) is 8.78 Å². The molecule has 0 atom stereocenters. The molecule has 1 aromatic carbocycles. The molecule has 0 unspecified atom stereocenters. The van der Waals surface area contributed by atoms with Crippen LogP contribution in [0.1, 0.15) is 30.6 Å². The molecule has 102 valence electrons. The van der Waals surface area contributed by atoms with E-state index in [1.54, 1.807) is 0 Å². The van der Waals surface area contributed by atoms with E-state index in [-0.39, 0.29) is 17.9 Å². The SMILES string of the molecule is CC1(C)CCN(C(=O)c2cc(F)ccc2F)CC1=O. The fraction of sp³-hybridized carbons (Fsp3) is 0.429. The van der Waals surface area contributed by atoms with E-state index in [0.717, 1.165) is 18.2 Å². The van der Waals surface area contributed by atoms with Crippen LogP contribution in [0.3, 0.4) is 0 Å². The predicted octanol–water partition coefficient (Wildman–Crippen LogP) is 2.41. The standard InChI is InChI=1S/C14H15F2NO2/c1-14(2)5-6-17(8-12(14)18)13(19)10-7-9(15)3-4-11(10)16/h3-4,7H,5-6,8H2,1-2H3. The van der Waals surface area contributed by atoms with Crippen LogP contribution in [0.5, 0.6) is 0 Å². The molecule has 1 saturated heterocycles. The zero-order valence-corrected chi connectivity index (χ0v) is 10.9. The minimum Gasteiger partial charge on any atom is -0.331 e. The highest BCUT2D eigenvalue weighted by atomic mass is 19.1. The molecule has 1 aromatic rings. The average molecular weight is 267 g/mol. The molecule has 1 aliphatic rings. The van der Waals surface area contributed by atoms with Gasteiger partial charge in [0.1, 0.15) is 11.6 Å². The smallest absolute Gasteiger partial charge is 0.257 e. The van der Waals surface area contributed by atoms with Gasteiger partial charge in [-0.05, 0) is 24.6 Å². The van der Waals surface area contributed by atoms with Crippen molar-refractivity contribution in [2.45, 2.75) is 20.3 Å². The molecule has 0 aromatic heterocycles. The second-order valence-corrected chi connectivity index (χ2v) is 5.41. The lowest BCUT2D eigenvalue weighted by molar-refractivity contribution is -0.130. The van der Waals surface area contributed by atoms with Crippen LogP contribution in [0.25, 0.3) is 0 Å². The van der Waals surface area contributed by atoms with Gasteiger partial charge in [0.2, 0.25) is 0 Å². The first-order valence-electron chi connectivity index (χ1n) is 6.09. The first-order valence-corrected chi connectivity index (χ1v) is 6.09. The Kier molecular flexibility index (Phi) is 3.39. The maximum atomic E-state index is 13.5. The van der Waals surface area contributed by atoms with E-state index in [1.807, 2.05) is 13.8 Å². The number of amides is 1. The van der Waals surface area contributed by atoms with Crippen LogP contribution >= 0.6 is 0 Å². The van der Waals surface area contributed by atoms with Gasteiger partial charge in [-0.3, -0.25) is 9.59 Å². The number of hydrogen-bond donors (Lipinski definition) is 0. The quantitative estimate of drug-likeness (QED) is 0.783. The summed E-state index contributed by atoms with van der Waals surface area (Å²) in [7, 11) is 0. The largest absolute Gasteiger partial charge is 0.331 e. The van der Waals surface area contributed by atoms with Gasteiger partial charge in [0.05, 0.1) is 12.1 Å². The Morgan fingerprint density at radius 1 is 1.32 bits per heavy atom. The number of rotatable bonds is 1. The van der Waals surface area contributed by atoms with Crippen molar-refractivity contribution in [3.05, 3.63) is 35.4 Å². The predicted molar refractivity (Wildman–Crippen MR) is 65.7 cm³/mol. The summed E-state index contributed by atoms with van der Waals surface area (Å²) in [4.78, 5) is 25.2. The molecule has 19 heavy (non-hydrogen) atoms. The molecule has 0 aliphatic carbocycles. The van der Waals surface area contributed by atoms with Crippen molar-refractivity contribution in [3.63, 3.8) is 0 Å². The summed E-state index contributed by atoms with van der Waals surface area (Å²) in [6.45, 7) is 3.95. The summed E-state index contributed by atoms with van der Waals surface area (Å²) in [6.07, 6.45) is 0.522.